The molecule has 3 heteroatoms. The van der Waals surface area contributed by atoms with Crippen molar-refractivity contribution in [1.82, 2.24) is 0 Å². The fourth-order valence-electron chi connectivity index (χ4n) is 1.71. The molecular weight excluding hydrogens is 190 g/mol. The van der Waals surface area contributed by atoms with Gasteiger partial charge in [0.15, 0.2) is 11.5 Å². The highest BCUT2D eigenvalue weighted by Gasteiger charge is 2.13. The van der Waals surface area contributed by atoms with E-state index in [2.05, 4.69) is 6.07 Å². The molecule has 0 aromatic heterocycles. The van der Waals surface area contributed by atoms with Crippen LogP contribution in [0.25, 0.3) is 10.8 Å². The molecule has 1 aliphatic heterocycles. The molecule has 0 amide bonds. The summed E-state index contributed by atoms with van der Waals surface area (Å²) in [6.07, 6.45) is 0. The van der Waals surface area contributed by atoms with E-state index in [1.54, 1.807) is 6.07 Å². The van der Waals surface area contributed by atoms with Gasteiger partial charge in [-0.25, -0.2) is 0 Å². The van der Waals surface area contributed by atoms with Crippen molar-refractivity contribution < 1.29 is 9.47 Å². The Hall–Kier alpha value is -2.21. The van der Waals surface area contributed by atoms with Gasteiger partial charge in [-0.3, -0.25) is 0 Å². The van der Waals surface area contributed by atoms with E-state index >= 15 is 0 Å². The highest BCUT2D eigenvalue weighted by Crippen LogP contribution is 2.36. The molecule has 2 aromatic carbocycles. The Bertz CT molecular complexity index is 584. The molecule has 72 valence electrons. The van der Waals surface area contributed by atoms with Crippen molar-refractivity contribution in [2.75, 3.05) is 6.79 Å². The zero-order valence-electron chi connectivity index (χ0n) is 7.86. The molecule has 0 bridgehead atoms. The molecule has 0 aliphatic carbocycles. The van der Waals surface area contributed by atoms with Gasteiger partial charge in [-0.15, -0.1) is 0 Å². The minimum atomic E-state index is 0.275. The monoisotopic (exact) mass is 197 g/mol. The molecule has 0 saturated carbocycles. The smallest absolute Gasteiger partial charge is 0.231 e. The van der Waals surface area contributed by atoms with E-state index in [0.29, 0.717) is 5.56 Å². The number of hydrogen-bond acceptors (Lipinski definition) is 3. The van der Waals surface area contributed by atoms with Gasteiger partial charge < -0.3 is 9.47 Å². The molecule has 1 aliphatic rings. The summed E-state index contributed by atoms with van der Waals surface area (Å²) in [6, 6.07) is 11.5. The van der Waals surface area contributed by atoms with E-state index in [1.165, 1.54) is 0 Å². The van der Waals surface area contributed by atoms with E-state index in [4.69, 9.17) is 14.7 Å². The van der Waals surface area contributed by atoms with Crippen LogP contribution in [0.3, 0.4) is 0 Å². The van der Waals surface area contributed by atoms with E-state index in [9.17, 15) is 0 Å². The van der Waals surface area contributed by atoms with Gasteiger partial charge in [0.2, 0.25) is 6.79 Å². The molecule has 1 heterocycles. The number of hydrogen-bond donors (Lipinski definition) is 0. The average Bonchev–Trinajstić information content (AvgIpc) is 2.72. The van der Waals surface area contributed by atoms with Gasteiger partial charge in [-0.1, -0.05) is 6.07 Å². The minimum absolute atomic E-state index is 0.275. The second-order valence-electron chi connectivity index (χ2n) is 3.38. The van der Waals surface area contributed by atoms with Crippen molar-refractivity contribution in [2.24, 2.45) is 0 Å². The van der Waals surface area contributed by atoms with Crippen molar-refractivity contribution in [2.45, 2.75) is 0 Å². The largest absolute Gasteiger partial charge is 0.454 e. The van der Waals surface area contributed by atoms with Crippen LogP contribution in [0.2, 0.25) is 0 Å². The van der Waals surface area contributed by atoms with Crippen LogP contribution < -0.4 is 9.47 Å². The number of nitrogens with zero attached hydrogens (tertiary/aromatic N) is 1. The Labute approximate surface area is 86.5 Å². The second-order valence-corrected chi connectivity index (χ2v) is 3.38. The molecule has 2 aromatic rings. The van der Waals surface area contributed by atoms with Crippen molar-refractivity contribution in [3.8, 4) is 17.6 Å². The lowest BCUT2D eigenvalue weighted by atomic mass is 10.1. The number of fused-ring (bicyclic) bond motifs is 2. The highest BCUT2D eigenvalue weighted by molar-refractivity contribution is 5.87. The Kier molecular flexibility index (Phi) is 1.57. The maximum atomic E-state index is 8.78. The molecule has 3 nitrogen and oxygen atoms in total. The van der Waals surface area contributed by atoms with Crippen LogP contribution in [0, 0.1) is 11.3 Å². The van der Waals surface area contributed by atoms with Crippen LogP contribution in [-0.2, 0) is 0 Å². The second kappa shape index (κ2) is 2.89. The van der Waals surface area contributed by atoms with Gasteiger partial charge in [0.25, 0.3) is 0 Å². The molecule has 0 saturated heterocycles. The summed E-state index contributed by atoms with van der Waals surface area (Å²) in [7, 11) is 0. The lowest BCUT2D eigenvalue weighted by molar-refractivity contribution is 0.174. The molecular formula is C12H7NO2. The zero-order chi connectivity index (χ0) is 10.3. The average molecular weight is 197 g/mol. The molecule has 15 heavy (non-hydrogen) atoms. The lowest BCUT2D eigenvalue weighted by Crippen LogP contribution is -1.92. The Balaban J connectivity index is 2.30. The normalized spacial score (nSPS) is 12.7. The first-order valence-corrected chi connectivity index (χ1v) is 4.60. The summed E-state index contributed by atoms with van der Waals surface area (Å²) in [5.74, 6) is 1.52. The highest BCUT2D eigenvalue weighted by atomic mass is 16.7. The maximum Gasteiger partial charge on any atom is 0.231 e. The first-order valence-electron chi connectivity index (χ1n) is 4.60. The summed E-state index contributed by atoms with van der Waals surface area (Å²) in [5, 5.41) is 10.8. The van der Waals surface area contributed by atoms with Gasteiger partial charge in [0, 0.05) is 0 Å². The van der Waals surface area contributed by atoms with Gasteiger partial charge in [-0.2, -0.15) is 5.26 Å². The van der Waals surface area contributed by atoms with Gasteiger partial charge >= 0.3 is 0 Å². The van der Waals surface area contributed by atoms with Crippen LogP contribution >= 0.6 is 0 Å². The minimum Gasteiger partial charge on any atom is -0.454 e. The molecule has 0 N–H and O–H groups in total. The van der Waals surface area contributed by atoms with Crippen molar-refractivity contribution in [3.05, 3.63) is 35.9 Å². The van der Waals surface area contributed by atoms with Crippen LogP contribution in [0.1, 0.15) is 5.56 Å². The fourth-order valence-corrected chi connectivity index (χ4v) is 1.71. The van der Waals surface area contributed by atoms with E-state index in [-0.39, 0.29) is 6.79 Å². The molecule has 0 fully saturated rings. The summed E-state index contributed by atoms with van der Waals surface area (Å²) in [4.78, 5) is 0. The van der Waals surface area contributed by atoms with Gasteiger partial charge in [0.1, 0.15) is 0 Å². The van der Waals surface area contributed by atoms with E-state index < -0.39 is 0 Å². The first kappa shape index (κ1) is 8.13. The van der Waals surface area contributed by atoms with E-state index in [0.717, 1.165) is 22.3 Å². The summed E-state index contributed by atoms with van der Waals surface area (Å²) < 4.78 is 10.6. The topological polar surface area (TPSA) is 42.2 Å². The Morgan fingerprint density at radius 2 is 1.73 bits per heavy atom. The van der Waals surface area contributed by atoms with Gasteiger partial charge in [0.05, 0.1) is 11.6 Å². The van der Waals surface area contributed by atoms with Crippen LogP contribution in [0.5, 0.6) is 11.5 Å². The van der Waals surface area contributed by atoms with Crippen molar-refractivity contribution in [3.63, 3.8) is 0 Å². The SMILES string of the molecule is N#Cc1ccc2cc3c(cc2c1)OCO3. The predicted molar refractivity (Wildman–Crippen MR) is 54.8 cm³/mol. The first-order chi connectivity index (χ1) is 7.36. The third-order valence-corrected chi connectivity index (χ3v) is 2.46. The van der Waals surface area contributed by atoms with Crippen molar-refractivity contribution in [1.29, 1.82) is 5.26 Å². The molecule has 0 radical (unpaired) electrons. The van der Waals surface area contributed by atoms with Crippen LogP contribution in [0.4, 0.5) is 0 Å². The van der Waals surface area contributed by atoms with Gasteiger partial charge in [-0.05, 0) is 35.0 Å². The number of ether oxygens (including phenoxy) is 2. The third kappa shape index (κ3) is 1.19. The Morgan fingerprint density at radius 1 is 1.00 bits per heavy atom. The quantitative estimate of drug-likeness (QED) is 0.651. The summed E-state index contributed by atoms with van der Waals surface area (Å²) in [5.41, 5.74) is 0.654. The number of benzene rings is 2. The number of rotatable bonds is 0. The molecule has 0 atom stereocenters. The standard InChI is InChI=1S/C12H7NO2/c13-6-8-1-2-9-4-11-12(15-7-14-11)5-10(9)3-8/h1-5H,7H2. The molecule has 0 unspecified atom stereocenters. The lowest BCUT2D eigenvalue weighted by Gasteiger charge is -2.00. The Morgan fingerprint density at radius 3 is 2.47 bits per heavy atom. The maximum absolute atomic E-state index is 8.78. The predicted octanol–water partition coefficient (Wildman–Crippen LogP) is 2.44. The number of nitriles is 1. The molecule has 0 spiro atoms. The van der Waals surface area contributed by atoms with Crippen molar-refractivity contribution >= 4 is 10.8 Å². The summed E-state index contributed by atoms with van der Waals surface area (Å²) >= 11 is 0. The summed E-state index contributed by atoms with van der Waals surface area (Å²) in [6.45, 7) is 0.275. The third-order valence-electron chi connectivity index (χ3n) is 2.46. The molecule has 3 rings (SSSR count). The zero-order valence-corrected chi connectivity index (χ0v) is 7.86. The van der Waals surface area contributed by atoms with Crippen LogP contribution in [0.15, 0.2) is 30.3 Å². The fraction of sp³-hybridized carbons (Fsp3) is 0.0833. The van der Waals surface area contributed by atoms with Crippen LogP contribution in [-0.4, -0.2) is 6.79 Å². The van der Waals surface area contributed by atoms with E-state index in [1.807, 2.05) is 24.3 Å².